The Bertz CT molecular complexity index is 808. The summed E-state index contributed by atoms with van der Waals surface area (Å²) in [6, 6.07) is -0.0866. The Hall–Kier alpha value is -1.93. The van der Waals surface area contributed by atoms with Crippen LogP contribution in [0.4, 0.5) is 0 Å². The summed E-state index contributed by atoms with van der Waals surface area (Å²) in [7, 11) is 2.12. The fraction of sp³-hybridized carbons (Fsp3) is 0.792. The van der Waals surface area contributed by atoms with Crippen LogP contribution in [0.1, 0.15) is 59.2 Å². The molecule has 0 unspecified atom stereocenters. The third kappa shape index (κ3) is 4.86. The van der Waals surface area contributed by atoms with Crippen LogP contribution in [0.15, 0.2) is 12.4 Å². The number of hydrogen-bond acceptors (Lipinski definition) is 5. The van der Waals surface area contributed by atoms with Crippen LogP contribution in [-0.4, -0.2) is 86.9 Å². The maximum absolute atomic E-state index is 13.3. The summed E-state index contributed by atoms with van der Waals surface area (Å²) in [5.74, 6) is 1.25. The highest BCUT2D eigenvalue weighted by molar-refractivity contribution is 5.92. The number of carbonyl (C=O) groups excluding carboxylic acids is 2. The molecule has 0 radical (unpaired) electrons. The van der Waals surface area contributed by atoms with Crippen molar-refractivity contribution in [1.29, 1.82) is 0 Å². The Morgan fingerprint density at radius 2 is 1.97 bits per heavy atom. The fourth-order valence-electron chi connectivity index (χ4n) is 5.74. The second-order valence-electron chi connectivity index (χ2n) is 11.3. The maximum Gasteiger partial charge on any atom is 0.243 e. The van der Waals surface area contributed by atoms with Crippen LogP contribution in [-0.2, 0) is 22.7 Å². The number of piperidine rings is 1. The number of imidazole rings is 1. The van der Waals surface area contributed by atoms with Crippen molar-refractivity contribution in [3.63, 3.8) is 0 Å². The second kappa shape index (κ2) is 8.78. The minimum absolute atomic E-state index is 0.0393. The average Bonchev–Trinajstić information content (AvgIpc) is 3.33. The SMILES string of the molecule is CCn1ccnc1CN1CCC2(CC1)CC(=O)N1C[C@@H](N(C)CC(C)(C)C)C[C@H]1C(=O)N2. The lowest BCUT2D eigenvalue weighted by Crippen LogP contribution is -2.56. The molecule has 0 bridgehead atoms. The van der Waals surface area contributed by atoms with Crippen molar-refractivity contribution in [1.82, 2.24) is 29.6 Å². The molecule has 3 saturated heterocycles. The minimum Gasteiger partial charge on any atom is -0.348 e. The average molecular weight is 445 g/mol. The Balaban J connectivity index is 1.37. The monoisotopic (exact) mass is 444 g/mol. The lowest BCUT2D eigenvalue weighted by Gasteiger charge is -2.41. The van der Waals surface area contributed by atoms with Gasteiger partial charge in [0.1, 0.15) is 11.9 Å². The number of aryl methyl sites for hydroxylation is 1. The van der Waals surface area contributed by atoms with E-state index < -0.39 is 5.54 Å². The van der Waals surface area contributed by atoms with Gasteiger partial charge >= 0.3 is 0 Å². The number of fused-ring (bicyclic) bond motifs is 1. The molecule has 0 saturated carbocycles. The Morgan fingerprint density at radius 1 is 1.25 bits per heavy atom. The zero-order valence-electron chi connectivity index (χ0n) is 20.4. The molecule has 32 heavy (non-hydrogen) atoms. The molecule has 3 aliphatic rings. The van der Waals surface area contributed by atoms with E-state index >= 15 is 0 Å². The van der Waals surface area contributed by atoms with E-state index in [1.807, 2.05) is 17.3 Å². The molecule has 1 aromatic heterocycles. The third-order valence-corrected chi connectivity index (χ3v) is 7.45. The standard InChI is InChI=1S/C24H40N6O2/c1-6-29-12-9-25-20(29)16-28-10-7-24(8-11-28)14-21(31)30-15-18(13-19(30)22(32)26-24)27(5)17-23(2,3)4/h9,12,18-19H,6-8,10-11,13-17H2,1-5H3,(H,26,32)/t18-,19-/m0/s1. The third-order valence-electron chi connectivity index (χ3n) is 7.45. The van der Waals surface area contributed by atoms with Crippen LogP contribution in [0.2, 0.25) is 0 Å². The molecule has 8 heteroatoms. The first-order chi connectivity index (χ1) is 15.1. The lowest BCUT2D eigenvalue weighted by molar-refractivity contribution is -0.135. The quantitative estimate of drug-likeness (QED) is 0.748. The van der Waals surface area contributed by atoms with Crippen molar-refractivity contribution in [3.8, 4) is 0 Å². The summed E-state index contributed by atoms with van der Waals surface area (Å²) in [6.07, 6.45) is 6.64. The van der Waals surface area contributed by atoms with Crippen molar-refractivity contribution >= 4 is 11.8 Å². The number of likely N-dealkylation sites (N-methyl/N-ethyl adjacent to an activating group) is 1. The first-order valence-corrected chi connectivity index (χ1v) is 12.1. The zero-order valence-corrected chi connectivity index (χ0v) is 20.4. The summed E-state index contributed by atoms with van der Waals surface area (Å²) in [5.41, 5.74) is -0.213. The largest absolute Gasteiger partial charge is 0.348 e. The summed E-state index contributed by atoms with van der Waals surface area (Å²) in [6.45, 7) is 13.9. The fourth-order valence-corrected chi connectivity index (χ4v) is 5.74. The van der Waals surface area contributed by atoms with Gasteiger partial charge < -0.3 is 19.7 Å². The van der Waals surface area contributed by atoms with E-state index in [9.17, 15) is 9.59 Å². The Labute approximate surface area is 192 Å². The smallest absolute Gasteiger partial charge is 0.243 e. The van der Waals surface area contributed by atoms with Crippen LogP contribution in [0.25, 0.3) is 0 Å². The maximum atomic E-state index is 13.3. The normalized spacial score (nSPS) is 26.5. The van der Waals surface area contributed by atoms with Crippen LogP contribution < -0.4 is 5.32 Å². The van der Waals surface area contributed by atoms with Gasteiger partial charge in [-0.1, -0.05) is 20.8 Å². The molecule has 0 aliphatic carbocycles. The molecule has 178 valence electrons. The van der Waals surface area contributed by atoms with Gasteiger partial charge in [-0.15, -0.1) is 0 Å². The number of likely N-dealkylation sites (tertiary alicyclic amines) is 1. The highest BCUT2D eigenvalue weighted by Crippen LogP contribution is 2.34. The van der Waals surface area contributed by atoms with Gasteiger partial charge in [0, 0.05) is 51.2 Å². The van der Waals surface area contributed by atoms with Gasteiger partial charge in [-0.05, 0) is 38.6 Å². The number of aromatic nitrogens is 2. The lowest BCUT2D eigenvalue weighted by atomic mass is 9.84. The minimum atomic E-state index is -0.401. The Kier molecular flexibility index (Phi) is 6.38. The van der Waals surface area contributed by atoms with Crippen LogP contribution in [0, 0.1) is 5.41 Å². The molecule has 8 nitrogen and oxygen atoms in total. The van der Waals surface area contributed by atoms with Gasteiger partial charge in [0.15, 0.2) is 0 Å². The number of hydrogen-bond donors (Lipinski definition) is 1. The van der Waals surface area contributed by atoms with Gasteiger partial charge in [-0.2, -0.15) is 0 Å². The van der Waals surface area contributed by atoms with Gasteiger partial charge in [0.05, 0.1) is 18.5 Å². The first kappa shape index (κ1) is 23.2. The summed E-state index contributed by atoms with van der Waals surface area (Å²) in [4.78, 5) is 37.6. The van der Waals surface area contributed by atoms with Crippen molar-refractivity contribution in [3.05, 3.63) is 18.2 Å². The van der Waals surface area contributed by atoms with E-state index in [0.717, 1.165) is 57.8 Å². The molecule has 4 rings (SSSR count). The molecule has 2 atom stereocenters. The van der Waals surface area contributed by atoms with E-state index in [-0.39, 0.29) is 29.3 Å². The van der Waals surface area contributed by atoms with Gasteiger partial charge in [-0.25, -0.2) is 4.98 Å². The van der Waals surface area contributed by atoms with Crippen LogP contribution in [0.5, 0.6) is 0 Å². The molecule has 3 fully saturated rings. The van der Waals surface area contributed by atoms with Crippen molar-refractivity contribution in [2.75, 3.05) is 33.2 Å². The van der Waals surface area contributed by atoms with E-state index in [0.29, 0.717) is 13.0 Å². The highest BCUT2D eigenvalue weighted by atomic mass is 16.2. The summed E-state index contributed by atoms with van der Waals surface area (Å²) >= 11 is 0. The van der Waals surface area contributed by atoms with Crippen molar-refractivity contribution in [2.45, 2.75) is 84.1 Å². The summed E-state index contributed by atoms with van der Waals surface area (Å²) < 4.78 is 2.17. The number of nitrogens with zero attached hydrogens (tertiary/aromatic N) is 5. The molecular weight excluding hydrogens is 404 g/mol. The van der Waals surface area contributed by atoms with Gasteiger partial charge in [0.2, 0.25) is 11.8 Å². The highest BCUT2D eigenvalue weighted by Gasteiger charge is 2.49. The number of nitrogens with one attached hydrogen (secondary N) is 1. The van der Waals surface area contributed by atoms with E-state index in [2.05, 4.69) is 59.4 Å². The summed E-state index contributed by atoms with van der Waals surface area (Å²) in [5, 5.41) is 3.34. The molecule has 1 spiro atoms. The molecule has 0 aromatic carbocycles. The van der Waals surface area contributed by atoms with Crippen molar-refractivity contribution in [2.24, 2.45) is 5.41 Å². The predicted molar refractivity (Wildman–Crippen MR) is 124 cm³/mol. The van der Waals surface area contributed by atoms with E-state index in [4.69, 9.17) is 0 Å². The first-order valence-electron chi connectivity index (χ1n) is 12.1. The van der Waals surface area contributed by atoms with Crippen LogP contribution in [0.3, 0.4) is 0 Å². The van der Waals surface area contributed by atoms with E-state index in [1.54, 1.807) is 0 Å². The van der Waals surface area contributed by atoms with Gasteiger partial charge in [0.25, 0.3) is 0 Å². The molecule has 3 aliphatic heterocycles. The van der Waals surface area contributed by atoms with E-state index in [1.165, 1.54) is 0 Å². The predicted octanol–water partition coefficient (Wildman–Crippen LogP) is 1.70. The second-order valence-corrected chi connectivity index (χ2v) is 11.3. The molecule has 4 heterocycles. The number of amides is 2. The topological polar surface area (TPSA) is 73.7 Å². The van der Waals surface area contributed by atoms with Crippen molar-refractivity contribution < 1.29 is 9.59 Å². The molecule has 1 N–H and O–H groups in total. The zero-order chi connectivity index (χ0) is 23.1. The van der Waals surface area contributed by atoms with Crippen LogP contribution >= 0.6 is 0 Å². The molecular formula is C24H40N6O2. The molecule has 1 aromatic rings. The van der Waals surface area contributed by atoms with Gasteiger partial charge in [-0.3, -0.25) is 14.5 Å². The number of carbonyl (C=O) groups is 2. The number of rotatable bonds is 5. The molecule has 2 amide bonds. The Morgan fingerprint density at radius 3 is 2.62 bits per heavy atom.